The summed E-state index contributed by atoms with van der Waals surface area (Å²) in [5, 5.41) is 17.4. The maximum atomic E-state index is 13.0. The van der Waals surface area contributed by atoms with Gasteiger partial charge >= 0.3 is 5.97 Å². The number of aliphatic carboxylic acids is 1. The van der Waals surface area contributed by atoms with Crippen LogP contribution in [-0.2, 0) is 16.1 Å². The molecule has 3 aromatic carbocycles. The fraction of sp³-hybridized carbons (Fsp3) is 0.310. The number of hydrogen-bond acceptors (Lipinski definition) is 5. The maximum absolute atomic E-state index is 13.0. The maximum Gasteiger partial charge on any atom is 0.320 e. The third-order valence-corrected chi connectivity index (χ3v) is 6.51. The zero-order valence-electron chi connectivity index (χ0n) is 20.9. The molecule has 0 spiro atoms. The highest BCUT2D eigenvalue weighted by Crippen LogP contribution is 2.28. The lowest BCUT2D eigenvalue weighted by molar-refractivity contribution is -0.140. The molecule has 192 valence electrons. The molecule has 0 bridgehead atoms. The van der Waals surface area contributed by atoms with Gasteiger partial charge in [-0.2, -0.15) is 0 Å². The number of carboxylic acids is 1. The lowest BCUT2D eigenvalue weighted by atomic mass is 10.0. The Kier molecular flexibility index (Phi) is 7.98. The van der Waals surface area contributed by atoms with Gasteiger partial charge in [0.25, 0.3) is 11.8 Å². The summed E-state index contributed by atoms with van der Waals surface area (Å²) in [6, 6.07) is 18.5. The van der Waals surface area contributed by atoms with E-state index in [1.807, 2.05) is 68.4 Å². The van der Waals surface area contributed by atoms with Gasteiger partial charge in [0, 0.05) is 13.1 Å². The van der Waals surface area contributed by atoms with Crippen LogP contribution in [0, 0.1) is 5.92 Å². The molecule has 1 heterocycles. The van der Waals surface area contributed by atoms with Gasteiger partial charge in [0.2, 0.25) is 5.91 Å². The van der Waals surface area contributed by atoms with Gasteiger partial charge < -0.3 is 10.4 Å². The van der Waals surface area contributed by atoms with Crippen molar-refractivity contribution in [2.45, 2.75) is 45.3 Å². The minimum Gasteiger partial charge on any atom is -0.480 e. The molecule has 2 atom stereocenters. The molecule has 3 amide bonds. The minimum absolute atomic E-state index is 0.0269. The predicted octanol–water partition coefficient (Wildman–Crippen LogP) is 3.60. The van der Waals surface area contributed by atoms with Crippen LogP contribution in [0.2, 0.25) is 0 Å². The first kappa shape index (κ1) is 26.0. The van der Waals surface area contributed by atoms with E-state index in [2.05, 4.69) is 10.6 Å². The number of carboxylic acid groups (broad SMARTS) is 1. The normalized spacial score (nSPS) is 14.6. The number of imide groups is 1. The van der Waals surface area contributed by atoms with Crippen LogP contribution in [0.5, 0.6) is 0 Å². The summed E-state index contributed by atoms with van der Waals surface area (Å²) in [6.07, 6.45) is 0.408. The molecule has 8 nitrogen and oxygen atoms in total. The molecule has 0 radical (unpaired) electrons. The summed E-state index contributed by atoms with van der Waals surface area (Å²) in [6.45, 7) is 4.17. The van der Waals surface area contributed by atoms with Crippen LogP contribution in [0.15, 0.2) is 66.7 Å². The number of carbonyl (C=O) groups excluding carboxylic acids is 3. The highest BCUT2D eigenvalue weighted by Gasteiger charge is 2.37. The number of rotatable bonds is 11. The molecule has 1 unspecified atom stereocenters. The van der Waals surface area contributed by atoms with E-state index in [4.69, 9.17) is 0 Å². The summed E-state index contributed by atoms with van der Waals surface area (Å²) in [4.78, 5) is 52.1. The van der Waals surface area contributed by atoms with Gasteiger partial charge in [-0.15, -0.1) is 0 Å². The third kappa shape index (κ3) is 6.03. The van der Waals surface area contributed by atoms with Crippen molar-refractivity contribution in [3.05, 3.63) is 83.4 Å². The monoisotopic (exact) mass is 501 g/mol. The fourth-order valence-electron chi connectivity index (χ4n) is 4.59. The molecular weight excluding hydrogens is 470 g/mol. The molecule has 0 saturated carbocycles. The highest BCUT2D eigenvalue weighted by atomic mass is 16.4. The Balaban J connectivity index is 1.43. The molecule has 1 aliphatic rings. The van der Waals surface area contributed by atoms with Crippen LogP contribution in [0.25, 0.3) is 10.8 Å². The van der Waals surface area contributed by atoms with E-state index in [1.54, 1.807) is 12.1 Å². The van der Waals surface area contributed by atoms with E-state index in [1.165, 1.54) is 0 Å². The lowest BCUT2D eigenvalue weighted by Crippen LogP contribution is -2.52. The number of nitrogens with zero attached hydrogens (tertiary/aromatic N) is 1. The van der Waals surface area contributed by atoms with E-state index < -0.39 is 29.9 Å². The SMILES string of the molecule is CC(C)C[C@@H](NC(CCN1C(=O)c2cc3ccccc3cc2C1=O)C(=O)O)C(=O)NCc1ccccc1. The van der Waals surface area contributed by atoms with Gasteiger partial charge in [-0.05, 0) is 47.2 Å². The van der Waals surface area contributed by atoms with Crippen molar-refractivity contribution in [3.8, 4) is 0 Å². The second-order valence-corrected chi connectivity index (χ2v) is 9.74. The Morgan fingerprint density at radius 3 is 1.97 bits per heavy atom. The van der Waals surface area contributed by atoms with Crippen LogP contribution < -0.4 is 10.6 Å². The van der Waals surface area contributed by atoms with Crippen molar-refractivity contribution in [1.29, 1.82) is 0 Å². The van der Waals surface area contributed by atoms with E-state index in [9.17, 15) is 24.3 Å². The average molecular weight is 502 g/mol. The van der Waals surface area contributed by atoms with E-state index in [0.717, 1.165) is 21.2 Å². The highest BCUT2D eigenvalue weighted by molar-refractivity contribution is 6.23. The van der Waals surface area contributed by atoms with Crippen LogP contribution in [0.1, 0.15) is 53.0 Å². The number of amides is 3. The lowest BCUT2D eigenvalue weighted by Gasteiger charge is -2.25. The Labute approximate surface area is 215 Å². The molecule has 0 aliphatic carbocycles. The first-order valence-corrected chi connectivity index (χ1v) is 12.4. The number of nitrogens with one attached hydrogen (secondary N) is 2. The Bertz CT molecular complexity index is 1270. The number of carbonyl (C=O) groups is 4. The van der Waals surface area contributed by atoms with Gasteiger partial charge in [-0.3, -0.25) is 29.4 Å². The van der Waals surface area contributed by atoms with Crippen LogP contribution in [0.4, 0.5) is 0 Å². The van der Waals surface area contributed by atoms with E-state index in [-0.39, 0.29) is 24.8 Å². The molecule has 1 aliphatic heterocycles. The fourth-order valence-corrected chi connectivity index (χ4v) is 4.59. The zero-order valence-corrected chi connectivity index (χ0v) is 20.9. The summed E-state index contributed by atoms with van der Waals surface area (Å²) in [5.41, 5.74) is 1.58. The van der Waals surface area contributed by atoms with Gasteiger partial charge in [-0.25, -0.2) is 0 Å². The Morgan fingerprint density at radius 2 is 1.43 bits per heavy atom. The smallest absolute Gasteiger partial charge is 0.320 e. The minimum atomic E-state index is -1.15. The summed E-state index contributed by atoms with van der Waals surface area (Å²) < 4.78 is 0. The predicted molar refractivity (Wildman–Crippen MR) is 140 cm³/mol. The quantitative estimate of drug-likeness (QED) is 0.346. The van der Waals surface area contributed by atoms with Crippen LogP contribution in [0.3, 0.4) is 0 Å². The number of fused-ring (bicyclic) bond motifs is 2. The first-order valence-electron chi connectivity index (χ1n) is 12.4. The Morgan fingerprint density at radius 1 is 0.865 bits per heavy atom. The number of benzene rings is 3. The Hall–Kier alpha value is -4.04. The van der Waals surface area contributed by atoms with Gasteiger partial charge in [0.1, 0.15) is 6.04 Å². The molecule has 4 rings (SSSR count). The molecule has 37 heavy (non-hydrogen) atoms. The molecule has 0 saturated heterocycles. The van der Waals surface area contributed by atoms with E-state index >= 15 is 0 Å². The standard InChI is InChI=1S/C29H31N3O5/c1-18(2)14-25(26(33)30-17-19-8-4-3-5-9-19)31-24(29(36)37)12-13-32-27(34)22-15-20-10-6-7-11-21(20)16-23(22)28(32)35/h3-11,15-16,18,24-25,31H,12-14,17H2,1-2H3,(H,30,33)(H,36,37)/t24?,25-/m1/s1. The van der Waals surface area contributed by atoms with Crippen molar-refractivity contribution in [2.75, 3.05) is 6.54 Å². The van der Waals surface area contributed by atoms with Gasteiger partial charge in [0.15, 0.2) is 0 Å². The van der Waals surface area contributed by atoms with Crippen LogP contribution >= 0.6 is 0 Å². The van der Waals surface area contributed by atoms with Crippen LogP contribution in [-0.4, -0.2) is 52.3 Å². The van der Waals surface area contributed by atoms with E-state index in [0.29, 0.717) is 24.1 Å². The molecule has 0 fully saturated rings. The third-order valence-electron chi connectivity index (χ3n) is 6.51. The molecule has 3 aromatic rings. The molecule has 3 N–H and O–H groups in total. The first-order chi connectivity index (χ1) is 17.7. The molecular formula is C29H31N3O5. The molecule has 8 heteroatoms. The largest absolute Gasteiger partial charge is 0.480 e. The van der Waals surface area contributed by atoms with Gasteiger partial charge in [0.05, 0.1) is 17.2 Å². The van der Waals surface area contributed by atoms with Crippen molar-refractivity contribution in [1.82, 2.24) is 15.5 Å². The average Bonchev–Trinajstić information content (AvgIpc) is 3.11. The second-order valence-electron chi connectivity index (χ2n) is 9.74. The van der Waals surface area contributed by atoms with Crippen molar-refractivity contribution >= 4 is 34.5 Å². The van der Waals surface area contributed by atoms with Gasteiger partial charge in [-0.1, -0.05) is 68.4 Å². The summed E-state index contributed by atoms with van der Waals surface area (Å²) in [5.74, 6) is -2.17. The topological polar surface area (TPSA) is 116 Å². The number of hydrogen-bond donors (Lipinski definition) is 3. The second kappa shape index (κ2) is 11.3. The van der Waals surface area contributed by atoms with Crippen molar-refractivity contribution in [2.24, 2.45) is 5.92 Å². The van der Waals surface area contributed by atoms with Crippen molar-refractivity contribution in [3.63, 3.8) is 0 Å². The zero-order chi connectivity index (χ0) is 26.5. The summed E-state index contributed by atoms with van der Waals surface area (Å²) >= 11 is 0. The van der Waals surface area contributed by atoms with Crippen molar-refractivity contribution < 1.29 is 24.3 Å². The summed E-state index contributed by atoms with van der Waals surface area (Å²) in [7, 11) is 0. The molecule has 0 aromatic heterocycles.